The van der Waals surface area contributed by atoms with Gasteiger partial charge in [-0.1, -0.05) is 13.8 Å². The predicted molar refractivity (Wildman–Crippen MR) is 78.3 cm³/mol. The Labute approximate surface area is 120 Å². The molecule has 0 amide bonds. The van der Waals surface area contributed by atoms with Crippen molar-refractivity contribution in [2.75, 3.05) is 37.8 Å². The highest BCUT2D eigenvalue weighted by Gasteiger charge is 2.24. The smallest absolute Gasteiger partial charge is 0.218 e. The largest absolute Gasteiger partial charge is 0.478 e. The Kier molecular flexibility index (Phi) is 5.55. The lowest BCUT2D eigenvalue weighted by Crippen LogP contribution is -2.51. The summed E-state index contributed by atoms with van der Waals surface area (Å²) in [4.78, 5) is 10.8. The fourth-order valence-electron chi connectivity index (χ4n) is 2.21. The molecule has 1 aliphatic heterocycles. The minimum atomic E-state index is 0.288. The van der Waals surface area contributed by atoms with Crippen molar-refractivity contribution in [3.8, 4) is 5.88 Å². The molecule has 20 heavy (non-hydrogen) atoms. The van der Waals surface area contributed by atoms with E-state index >= 15 is 0 Å². The van der Waals surface area contributed by atoms with Gasteiger partial charge in [-0.25, -0.2) is 9.97 Å². The molecule has 0 bridgehead atoms. The van der Waals surface area contributed by atoms with Gasteiger partial charge in [0.1, 0.15) is 12.1 Å². The van der Waals surface area contributed by atoms with Crippen LogP contribution in [-0.2, 0) is 4.74 Å². The molecular formula is C14H24N4O2. The summed E-state index contributed by atoms with van der Waals surface area (Å²) < 4.78 is 11.0. The summed E-state index contributed by atoms with van der Waals surface area (Å²) in [6.07, 6.45) is 1.56. The number of rotatable bonds is 6. The van der Waals surface area contributed by atoms with Crippen molar-refractivity contribution in [2.45, 2.75) is 32.9 Å². The SMILES string of the molecule is CCOc1cc(N2CCOCC2CNC(C)C)ncn1. The van der Waals surface area contributed by atoms with Gasteiger partial charge < -0.3 is 19.7 Å². The van der Waals surface area contributed by atoms with Gasteiger partial charge >= 0.3 is 0 Å². The molecule has 0 aromatic carbocycles. The Morgan fingerprint density at radius 2 is 2.35 bits per heavy atom. The van der Waals surface area contributed by atoms with Gasteiger partial charge in [0, 0.05) is 25.2 Å². The number of morpholine rings is 1. The fourth-order valence-corrected chi connectivity index (χ4v) is 2.21. The minimum absolute atomic E-state index is 0.288. The van der Waals surface area contributed by atoms with E-state index in [2.05, 4.69) is 34.0 Å². The van der Waals surface area contributed by atoms with Crippen LogP contribution < -0.4 is 15.0 Å². The molecule has 1 aromatic heterocycles. The van der Waals surface area contributed by atoms with Gasteiger partial charge in [-0.05, 0) is 6.92 Å². The predicted octanol–water partition coefficient (Wildman–Crippen LogP) is 1.08. The third kappa shape index (κ3) is 4.05. The van der Waals surface area contributed by atoms with E-state index in [9.17, 15) is 0 Å². The molecular weight excluding hydrogens is 256 g/mol. The molecule has 6 nitrogen and oxygen atoms in total. The van der Waals surface area contributed by atoms with Crippen LogP contribution in [0, 0.1) is 0 Å². The van der Waals surface area contributed by atoms with E-state index < -0.39 is 0 Å². The summed E-state index contributed by atoms with van der Waals surface area (Å²) in [5.41, 5.74) is 0. The summed E-state index contributed by atoms with van der Waals surface area (Å²) >= 11 is 0. The van der Waals surface area contributed by atoms with Crippen molar-refractivity contribution in [2.24, 2.45) is 0 Å². The first-order valence-electron chi connectivity index (χ1n) is 7.23. The van der Waals surface area contributed by atoms with Crippen LogP contribution in [0.25, 0.3) is 0 Å². The molecule has 0 spiro atoms. The standard InChI is InChI=1S/C14H24N4O2/c1-4-20-14-7-13(16-10-17-14)18-5-6-19-9-12(18)8-15-11(2)3/h7,10-12,15H,4-6,8-9H2,1-3H3. The highest BCUT2D eigenvalue weighted by atomic mass is 16.5. The highest BCUT2D eigenvalue weighted by molar-refractivity contribution is 5.42. The normalized spacial score (nSPS) is 19.4. The van der Waals surface area contributed by atoms with Crippen LogP contribution in [-0.4, -0.2) is 55.0 Å². The number of ether oxygens (including phenoxy) is 2. The number of anilines is 1. The summed E-state index contributed by atoms with van der Waals surface area (Å²) in [7, 11) is 0. The van der Waals surface area contributed by atoms with Gasteiger partial charge in [-0.2, -0.15) is 0 Å². The van der Waals surface area contributed by atoms with E-state index in [0.29, 0.717) is 25.1 Å². The van der Waals surface area contributed by atoms with E-state index in [-0.39, 0.29) is 6.04 Å². The molecule has 1 saturated heterocycles. The molecule has 0 saturated carbocycles. The van der Waals surface area contributed by atoms with Crippen LogP contribution >= 0.6 is 0 Å². The van der Waals surface area contributed by atoms with Gasteiger partial charge in [-0.15, -0.1) is 0 Å². The molecule has 1 aliphatic rings. The average molecular weight is 280 g/mol. The fraction of sp³-hybridized carbons (Fsp3) is 0.714. The maximum absolute atomic E-state index is 5.59. The lowest BCUT2D eigenvalue weighted by Gasteiger charge is -2.37. The molecule has 1 N–H and O–H groups in total. The topological polar surface area (TPSA) is 59.5 Å². The molecule has 0 aliphatic carbocycles. The molecule has 6 heteroatoms. The number of hydrogen-bond acceptors (Lipinski definition) is 6. The zero-order valence-corrected chi connectivity index (χ0v) is 12.5. The van der Waals surface area contributed by atoms with Crippen molar-refractivity contribution in [3.05, 3.63) is 12.4 Å². The minimum Gasteiger partial charge on any atom is -0.478 e. The second kappa shape index (κ2) is 7.40. The molecule has 2 rings (SSSR count). The third-order valence-electron chi connectivity index (χ3n) is 3.20. The number of nitrogens with one attached hydrogen (secondary N) is 1. The quantitative estimate of drug-likeness (QED) is 0.841. The number of nitrogens with zero attached hydrogens (tertiary/aromatic N) is 3. The van der Waals surface area contributed by atoms with Crippen molar-refractivity contribution < 1.29 is 9.47 Å². The summed E-state index contributed by atoms with van der Waals surface area (Å²) in [5, 5.41) is 3.46. The van der Waals surface area contributed by atoms with Gasteiger partial charge in [-0.3, -0.25) is 0 Å². The molecule has 2 heterocycles. The van der Waals surface area contributed by atoms with Crippen LogP contribution in [0.3, 0.4) is 0 Å². The van der Waals surface area contributed by atoms with Crippen molar-refractivity contribution in [1.82, 2.24) is 15.3 Å². The zero-order valence-electron chi connectivity index (χ0n) is 12.5. The monoisotopic (exact) mass is 280 g/mol. The first-order chi connectivity index (χ1) is 9.70. The summed E-state index contributed by atoms with van der Waals surface area (Å²) in [6, 6.07) is 2.65. The highest BCUT2D eigenvalue weighted by Crippen LogP contribution is 2.20. The van der Waals surface area contributed by atoms with Gasteiger partial charge in [0.15, 0.2) is 0 Å². The third-order valence-corrected chi connectivity index (χ3v) is 3.20. The Balaban J connectivity index is 2.08. The summed E-state index contributed by atoms with van der Waals surface area (Å²) in [6.45, 7) is 10.0. The van der Waals surface area contributed by atoms with E-state index in [4.69, 9.17) is 9.47 Å². The van der Waals surface area contributed by atoms with Crippen LogP contribution in [0.2, 0.25) is 0 Å². The van der Waals surface area contributed by atoms with Crippen LogP contribution in [0.5, 0.6) is 5.88 Å². The Morgan fingerprint density at radius 3 is 3.10 bits per heavy atom. The lowest BCUT2D eigenvalue weighted by atomic mass is 10.2. The maximum atomic E-state index is 5.59. The van der Waals surface area contributed by atoms with Crippen molar-refractivity contribution >= 4 is 5.82 Å². The van der Waals surface area contributed by atoms with Crippen LogP contribution in [0.1, 0.15) is 20.8 Å². The van der Waals surface area contributed by atoms with Gasteiger partial charge in [0.25, 0.3) is 0 Å². The maximum Gasteiger partial charge on any atom is 0.218 e. The lowest BCUT2D eigenvalue weighted by molar-refractivity contribution is 0.0927. The van der Waals surface area contributed by atoms with Crippen LogP contribution in [0.15, 0.2) is 12.4 Å². The van der Waals surface area contributed by atoms with E-state index in [1.54, 1.807) is 6.33 Å². The van der Waals surface area contributed by atoms with E-state index in [0.717, 1.165) is 25.5 Å². The molecule has 112 valence electrons. The van der Waals surface area contributed by atoms with Gasteiger partial charge in [0.2, 0.25) is 5.88 Å². The molecule has 1 aromatic rings. The number of aromatic nitrogens is 2. The van der Waals surface area contributed by atoms with Crippen LogP contribution in [0.4, 0.5) is 5.82 Å². The van der Waals surface area contributed by atoms with E-state index in [1.165, 1.54) is 0 Å². The molecule has 1 unspecified atom stereocenters. The first kappa shape index (κ1) is 15.0. The Hall–Kier alpha value is -1.40. The van der Waals surface area contributed by atoms with Crippen molar-refractivity contribution in [1.29, 1.82) is 0 Å². The molecule has 1 fully saturated rings. The van der Waals surface area contributed by atoms with Crippen molar-refractivity contribution in [3.63, 3.8) is 0 Å². The Morgan fingerprint density at radius 1 is 1.50 bits per heavy atom. The molecule has 1 atom stereocenters. The average Bonchev–Trinajstić information content (AvgIpc) is 2.46. The zero-order chi connectivity index (χ0) is 14.4. The van der Waals surface area contributed by atoms with Gasteiger partial charge in [0.05, 0.1) is 25.9 Å². The van der Waals surface area contributed by atoms with E-state index in [1.807, 2.05) is 13.0 Å². The Bertz CT molecular complexity index is 414. The molecule has 0 radical (unpaired) electrons. The second-order valence-corrected chi connectivity index (χ2v) is 5.13. The summed E-state index contributed by atoms with van der Waals surface area (Å²) in [5.74, 6) is 1.53. The first-order valence-corrected chi connectivity index (χ1v) is 7.23. The number of hydrogen-bond donors (Lipinski definition) is 1. The second-order valence-electron chi connectivity index (χ2n) is 5.13.